The number of hydrogen-bond acceptors (Lipinski definition) is 3. The fourth-order valence-corrected chi connectivity index (χ4v) is 2.90. The summed E-state index contributed by atoms with van der Waals surface area (Å²) >= 11 is 0. The van der Waals surface area contributed by atoms with Gasteiger partial charge >= 0.3 is 5.97 Å². The summed E-state index contributed by atoms with van der Waals surface area (Å²) in [6.45, 7) is 4.00. The summed E-state index contributed by atoms with van der Waals surface area (Å²) in [6.07, 6.45) is 0.894. The molecule has 0 fully saturated rings. The molecule has 0 saturated carbocycles. The first kappa shape index (κ1) is 19.8. The molecular formula is C18H21FO4S. The standard InChI is InChI=1S/C16H15FO4S.C2H6/c1-22(20,21)14-7-5-11(6-8-14)15(10-16(18)19)12-3-2-4-13(17)9-12;1-2/h2-9,15H,10H2,1H3,(H,18,19);1-2H3/t15-;/m1./s1. The van der Waals surface area contributed by atoms with Crippen LogP contribution in [0.2, 0.25) is 0 Å². The first-order valence-corrected chi connectivity index (χ1v) is 9.44. The van der Waals surface area contributed by atoms with Gasteiger partial charge in [-0.2, -0.15) is 0 Å². The zero-order valence-corrected chi connectivity index (χ0v) is 14.7. The van der Waals surface area contributed by atoms with E-state index in [2.05, 4.69) is 0 Å². The number of halogens is 1. The molecule has 0 aromatic heterocycles. The van der Waals surface area contributed by atoms with Crippen molar-refractivity contribution in [3.8, 4) is 0 Å². The van der Waals surface area contributed by atoms with Crippen molar-refractivity contribution in [1.29, 1.82) is 0 Å². The van der Waals surface area contributed by atoms with Gasteiger partial charge in [0.15, 0.2) is 9.84 Å². The molecule has 0 unspecified atom stereocenters. The third kappa shape index (κ3) is 5.45. The minimum Gasteiger partial charge on any atom is -0.481 e. The lowest BCUT2D eigenvalue weighted by Gasteiger charge is -2.16. The second-order valence-corrected chi connectivity index (χ2v) is 7.06. The molecule has 0 aliphatic carbocycles. The second-order valence-electron chi connectivity index (χ2n) is 5.05. The lowest BCUT2D eigenvalue weighted by atomic mass is 9.88. The molecule has 1 atom stereocenters. The summed E-state index contributed by atoms with van der Waals surface area (Å²) in [5.41, 5.74) is 1.16. The lowest BCUT2D eigenvalue weighted by molar-refractivity contribution is -0.137. The van der Waals surface area contributed by atoms with E-state index in [9.17, 15) is 17.6 Å². The number of aliphatic carboxylic acids is 1. The molecule has 24 heavy (non-hydrogen) atoms. The maximum absolute atomic E-state index is 13.4. The van der Waals surface area contributed by atoms with Gasteiger partial charge in [0.25, 0.3) is 0 Å². The highest BCUT2D eigenvalue weighted by Crippen LogP contribution is 2.29. The monoisotopic (exact) mass is 352 g/mol. The quantitative estimate of drug-likeness (QED) is 0.887. The molecule has 0 aliphatic heterocycles. The van der Waals surface area contributed by atoms with Crippen LogP contribution in [0.1, 0.15) is 37.3 Å². The Kier molecular flexibility index (Phi) is 7.10. The van der Waals surface area contributed by atoms with Crippen molar-refractivity contribution in [3.63, 3.8) is 0 Å². The Bertz CT molecular complexity index is 783. The molecule has 0 aliphatic rings. The average molecular weight is 352 g/mol. The number of carboxylic acid groups (broad SMARTS) is 1. The topological polar surface area (TPSA) is 71.4 Å². The number of sulfone groups is 1. The van der Waals surface area contributed by atoms with E-state index in [1.165, 1.54) is 30.3 Å². The van der Waals surface area contributed by atoms with Crippen molar-refractivity contribution in [2.75, 3.05) is 6.26 Å². The van der Waals surface area contributed by atoms with Crippen molar-refractivity contribution in [3.05, 3.63) is 65.5 Å². The smallest absolute Gasteiger partial charge is 0.304 e. The summed E-state index contributed by atoms with van der Waals surface area (Å²) in [4.78, 5) is 11.2. The molecule has 130 valence electrons. The van der Waals surface area contributed by atoms with Gasteiger partial charge in [-0.3, -0.25) is 4.79 Å². The lowest BCUT2D eigenvalue weighted by Crippen LogP contribution is -2.08. The van der Waals surface area contributed by atoms with Gasteiger partial charge in [0.05, 0.1) is 11.3 Å². The van der Waals surface area contributed by atoms with Gasteiger partial charge < -0.3 is 5.11 Å². The van der Waals surface area contributed by atoms with Crippen molar-refractivity contribution in [2.24, 2.45) is 0 Å². The van der Waals surface area contributed by atoms with Gasteiger partial charge in [0.2, 0.25) is 0 Å². The number of rotatable bonds is 5. The average Bonchev–Trinajstić information content (AvgIpc) is 2.54. The van der Waals surface area contributed by atoms with Gasteiger partial charge in [-0.25, -0.2) is 12.8 Å². The summed E-state index contributed by atoms with van der Waals surface area (Å²) in [5, 5.41) is 9.07. The van der Waals surface area contributed by atoms with E-state index < -0.39 is 27.5 Å². The van der Waals surface area contributed by atoms with Gasteiger partial charge in [-0.1, -0.05) is 38.1 Å². The van der Waals surface area contributed by atoms with Crippen LogP contribution in [-0.2, 0) is 14.6 Å². The Morgan fingerprint density at radius 3 is 2.12 bits per heavy atom. The molecule has 2 aromatic carbocycles. The van der Waals surface area contributed by atoms with Crippen LogP contribution < -0.4 is 0 Å². The predicted molar refractivity (Wildman–Crippen MR) is 91.4 cm³/mol. The molecule has 0 saturated heterocycles. The molecule has 4 nitrogen and oxygen atoms in total. The van der Waals surface area contributed by atoms with E-state index in [-0.39, 0.29) is 11.3 Å². The number of carboxylic acids is 1. The fraction of sp³-hybridized carbons (Fsp3) is 0.278. The van der Waals surface area contributed by atoms with Crippen LogP contribution in [0.15, 0.2) is 53.4 Å². The third-order valence-electron chi connectivity index (χ3n) is 3.34. The van der Waals surface area contributed by atoms with Crippen LogP contribution >= 0.6 is 0 Å². The zero-order chi connectivity index (χ0) is 18.3. The molecule has 0 spiro atoms. The maximum atomic E-state index is 13.4. The first-order chi connectivity index (χ1) is 11.3. The van der Waals surface area contributed by atoms with Crippen molar-refractivity contribution in [2.45, 2.75) is 31.1 Å². The summed E-state index contributed by atoms with van der Waals surface area (Å²) < 4.78 is 36.3. The highest BCUT2D eigenvalue weighted by molar-refractivity contribution is 7.90. The van der Waals surface area contributed by atoms with Crippen molar-refractivity contribution in [1.82, 2.24) is 0 Å². The summed E-state index contributed by atoms with van der Waals surface area (Å²) in [7, 11) is -3.32. The van der Waals surface area contributed by atoms with Crippen LogP contribution in [0.3, 0.4) is 0 Å². The van der Waals surface area contributed by atoms with Crippen LogP contribution in [0.4, 0.5) is 4.39 Å². The Morgan fingerprint density at radius 1 is 1.08 bits per heavy atom. The van der Waals surface area contributed by atoms with Crippen molar-refractivity contribution >= 4 is 15.8 Å². The molecule has 2 aromatic rings. The van der Waals surface area contributed by atoms with Crippen LogP contribution in [0.25, 0.3) is 0 Å². The Morgan fingerprint density at radius 2 is 1.67 bits per heavy atom. The van der Waals surface area contributed by atoms with E-state index in [0.717, 1.165) is 6.26 Å². The predicted octanol–water partition coefficient (Wildman–Crippen LogP) is 3.86. The normalized spacial score (nSPS) is 12.0. The van der Waals surface area contributed by atoms with E-state index in [4.69, 9.17) is 5.11 Å². The summed E-state index contributed by atoms with van der Waals surface area (Å²) in [6, 6.07) is 11.7. The molecule has 0 bridgehead atoms. The summed E-state index contributed by atoms with van der Waals surface area (Å²) in [5.74, 6) is -2.00. The van der Waals surface area contributed by atoms with E-state index in [1.54, 1.807) is 18.2 Å². The molecule has 0 radical (unpaired) electrons. The number of benzene rings is 2. The number of carbonyl (C=O) groups is 1. The highest BCUT2D eigenvalue weighted by Gasteiger charge is 2.19. The van der Waals surface area contributed by atoms with Crippen LogP contribution in [0.5, 0.6) is 0 Å². The zero-order valence-electron chi connectivity index (χ0n) is 13.9. The van der Waals surface area contributed by atoms with E-state index in [0.29, 0.717) is 11.1 Å². The van der Waals surface area contributed by atoms with Crippen LogP contribution in [0, 0.1) is 5.82 Å². The molecular weight excluding hydrogens is 331 g/mol. The Balaban J connectivity index is 0.00000139. The Labute approximate surface area is 141 Å². The third-order valence-corrected chi connectivity index (χ3v) is 4.47. The molecule has 2 rings (SSSR count). The molecule has 0 amide bonds. The largest absolute Gasteiger partial charge is 0.481 e. The molecule has 6 heteroatoms. The minimum atomic E-state index is -3.32. The first-order valence-electron chi connectivity index (χ1n) is 7.54. The SMILES string of the molecule is CC.CS(=O)(=O)c1ccc([C@@H](CC(=O)O)c2cccc(F)c2)cc1. The Hall–Kier alpha value is -2.21. The molecule has 0 heterocycles. The van der Waals surface area contributed by atoms with Crippen molar-refractivity contribution < 1.29 is 22.7 Å². The van der Waals surface area contributed by atoms with Gasteiger partial charge in [-0.15, -0.1) is 0 Å². The highest BCUT2D eigenvalue weighted by atomic mass is 32.2. The van der Waals surface area contributed by atoms with Gasteiger partial charge in [0, 0.05) is 12.2 Å². The minimum absolute atomic E-state index is 0.157. The second kappa shape index (κ2) is 8.59. The fourth-order valence-electron chi connectivity index (χ4n) is 2.27. The van der Waals surface area contributed by atoms with Gasteiger partial charge in [0.1, 0.15) is 5.82 Å². The number of hydrogen-bond donors (Lipinski definition) is 1. The van der Waals surface area contributed by atoms with Gasteiger partial charge in [-0.05, 0) is 35.4 Å². The van der Waals surface area contributed by atoms with E-state index in [1.807, 2.05) is 13.8 Å². The molecule has 1 N–H and O–H groups in total. The maximum Gasteiger partial charge on any atom is 0.304 e. The van der Waals surface area contributed by atoms with E-state index >= 15 is 0 Å². The van der Waals surface area contributed by atoms with Crippen LogP contribution in [-0.4, -0.2) is 25.7 Å².